The summed E-state index contributed by atoms with van der Waals surface area (Å²) in [6.45, 7) is 5.98. The second-order valence-corrected chi connectivity index (χ2v) is 9.86. The minimum absolute atomic E-state index is 0.199. The van der Waals surface area contributed by atoms with Crippen molar-refractivity contribution in [2.75, 3.05) is 20.3 Å². The zero-order chi connectivity index (χ0) is 28.1. The number of benzene rings is 3. The van der Waals surface area contributed by atoms with E-state index in [0.717, 1.165) is 16.7 Å². The van der Waals surface area contributed by atoms with Crippen molar-refractivity contribution in [3.63, 3.8) is 0 Å². The van der Waals surface area contributed by atoms with Gasteiger partial charge >= 0.3 is 5.97 Å². The van der Waals surface area contributed by atoms with Gasteiger partial charge in [-0.3, -0.25) is 9.36 Å². The smallest absolute Gasteiger partial charge is 0.338 e. The molecule has 7 nitrogen and oxygen atoms in total. The molecule has 0 fully saturated rings. The van der Waals surface area contributed by atoms with Crippen molar-refractivity contribution in [2.45, 2.75) is 13.0 Å². The molecule has 0 radical (unpaired) electrons. The fourth-order valence-electron chi connectivity index (χ4n) is 4.58. The monoisotopic (exact) mass is 552 g/mol. The Morgan fingerprint density at radius 1 is 1.05 bits per heavy atom. The molecule has 4 aromatic rings. The number of nitrogens with zero attached hydrogens (tertiary/aromatic N) is 2. The van der Waals surface area contributed by atoms with Crippen molar-refractivity contribution in [3.8, 4) is 11.5 Å². The lowest BCUT2D eigenvalue weighted by Gasteiger charge is -2.25. The number of hydrogen-bond donors (Lipinski definition) is 0. The van der Waals surface area contributed by atoms with Crippen molar-refractivity contribution in [1.29, 1.82) is 0 Å². The minimum atomic E-state index is -0.710. The Balaban J connectivity index is 1.74. The number of methoxy groups -OCH3 is 1. The topological polar surface area (TPSA) is 79.1 Å². The van der Waals surface area contributed by atoms with Gasteiger partial charge in [0.2, 0.25) is 0 Å². The fraction of sp³-hybridized carbons (Fsp3) is 0.156. The average molecular weight is 553 g/mol. The molecule has 3 aromatic carbocycles. The van der Waals surface area contributed by atoms with Gasteiger partial charge in [-0.05, 0) is 36.3 Å². The number of aromatic nitrogens is 1. The molecule has 1 atom stereocenters. The number of carbonyl (C=O) groups is 1. The summed E-state index contributed by atoms with van der Waals surface area (Å²) in [7, 11) is 1.57. The van der Waals surface area contributed by atoms with Gasteiger partial charge in [-0.2, -0.15) is 0 Å². The van der Waals surface area contributed by atoms with E-state index >= 15 is 0 Å². The first-order chi connectivity index (χ1) is 19.5. The van der Waals surface area contributed by atoms with Crippen molar-refractivity contribution in [2.24, 2.45) is 4.99 Å². The first-order valence-electron chi connectivity index (χ1n) is 12.8. The molecule has 1 aliphatic heterocycles. The first kappa shape index (κ1) is 26.9. The van der Waals surface area contributed by atoms with Crippen LogP contribution in [0.3, 0.4) is 0 Å². The quantitative estimate of drug-likeness (QED) is 0.226. The average Bonchev–Trinajstić information content (AvgIpc) is 3.30. The van der Waals surface area contributed by atoms with Gasteiger partial charge in [0.25, 0.3) is 5.56 Å². The van der Waals surface area contributed by atoms with Crippen molar-refractivity contribution in [1.82, 2.24) is 4.57 Å². The highest BCUT2D eigenvalue weighted by atomic mass is 32.1. The van der Waals surface area contributed by atoms with Crippen molar-refractivity contribution < 1.29 is 19.0 Å². The lowest BCUT2D eigenvalue weighted by Crippen LogP contribution is -2.39. The lowest BCUT2D eigenvalue weighted by atomic mass is 9.93. The van der Waals surface area contributed by atoms with Gasteiger partial charge in [0, 0.05) is 5.56 Å². The summed E-state index contributed by atoms with van der Waals surface area (Å²) in [5, 5.41) is 0. The predicted molar refractivity (Wildman–Crippen MR) is 156 cm³/mol. The van der Waals surface area contributed by atoms with E-state index in [1.54, 1.807) is 36.8 Å². The van der Waals surface area contributed by atoms with Gasteiger partial charge in [0.1, 0.15) is 6.61 Å². The maximum absolute atomic E-state index is 14.0. The summed E-state index contributed by atoms with van der Waals surface area (Å²) in [4.78, 5) is 32.8. The minimum Gasteiger partial charge on any atom is -0.493 e. The Kier molecular flexibility index (Phi) is 8.07. The van der Waals surface area contributed by atoms with Crippen molar-refractivity contribution >= 4 is 29.1 Å². The number of carbonyl (C=O) groups excluding carboxylic acids is 1. The Hall–Kier alpha value is -4.69. The van der Waals surface area contributed by atoms with Crippen LogP contribution in [0, 0.1) is 0 Å². The van der Waals surface area contributed by atoms with E-state index in [9.17, 15) is 9.59 Å². The third-order valence-electron chi connectivity index (χ3n) is 6.33. The molecular weight excluding hydrogens is 524 g/mol. The third-order valence-corrected chi connectivity index (χ3v) is 7.31. The van der Waals surface area contributed by atoms with Gasteiger partial charge in [-0.15, -0.1) is 0 Å². The van der Waals surface area contributed by atoms with Gasteiger partial charge < -0.3 is 14.2 Å². The van der Waals surface area contributed by atoms with Gasteiger partial charge in [-0.1, -0.05) is 90.7 Å². The van der Waals surface area contributed by atoms with Gasteiger partial charge in [0.05, 0.1) is 35.6 Å². The molecule has 0 saturated carbocycles. The summed E-state index contributed by atoms with van der Waals surface area (Å²) < 4.78 is 18.7. The molecule has 202 valence electrons. The second kappa shape index (κ2) is 12.0. The Morgan fingerprint density at radius 3 is 2.45 bits per heavy atom. The molecule has 0 amide bonds. The van der Waals surface area contributed by atoms with Crippen LogP contribution in [0.5, 0.6) is 11.5 Å². The largest absolute Gasteiger partial charge is 0.493 e. The first-order valence-corrected chi connectivity index (χ1v) is 13.6. The molecule has 40 heavy (non-hydrogen) atoms. The zero-order valence-corrected chi connectivity index (χ0v) is 23.0. The molecular formula is C32H28N2O5S. The van der Waals surface area contributed by atoms with Crippen LogP contribution >= 0.6 is 11.3 Å². The Labute approximate surface area is 235 Å². The summed E-state index contributed by atoms with van der Waals surface area (Å²) in [5.41, 5.74) is 2.88. The summed E-state index contributed by atoms with van der Waals surface area (Å²) in [5.74, 6) is 0.617. The molecule has 0 N–H and O–H groups in total. The molecule has 0 unspecified atom stereocenters. The molecule has 0 bridgehead atoms. The van der Waals surface area contributed by atoms with E-state index in [1.807, 2.05) is 72.8 Å². The highest BCUT2D eigenvalue weighted by Gasteiger charge is 2.35. The maximum Gasteiger partial charge on any atom is 0.338 e. The third kappa shape index (κ3) is 5.26. The SMILES string of the molecule is C=CCOc1ccc(/C=c2\sc3n(c2=O)[C@H](c2ccccc2)C(C(=O)OCC)=C(c2ccccc2)N=3)cc1OC. The molecule has 1 aliphatic rings. The van der Waals surface area contributed by atoms with Crippen LogP contribution in [0.4, 0.5) is 0 Å². The Bertz CT molecular complexity index is 1750. The number of ether oxygens (including phenoxy) is 3. The second-order valence-electron chi connectivity index (χ2n) is 8.85. The van der Waals surface area contributed by atoms with Crippen LogP contribution < -0.4 is 24.4 Å². The number of esters is 1. The normalized spacial score (nSPS) is 14.8. The molecule has 0 spiro atoms. The number of hydrogen-bond acceptors (Lipinski definition) is 7. The van der Waals surface area contributed by atoms with E-state index in [0.29, 0.717) is 38.7 Å². The van der Waals surface area contributed by atoms with Crippen LogP contribution in [0.2, 0.25) is 0 Å². The van der Waals surface area contributed by atoms with Gasteiger partial charge in [-0.25, -0.2) is 9.79 Å². The zero-order valence-electron chi connectivity index (χ0n) is 22.2. The lowest BCUT2D eigenvalue weighted by molar-refractivity contribution is -0.138. The highest BCUT2D eigenvalue weighted by Crippen LogP contribution is 2.35. The molecule has 0 aliphatic carbocycles. The van der Waals surface area contributed by atoms with E-state index < -0.39 is 12.0 Å². The van der Waals surface area contributed by atoms with Crippen LogP contribution in [-0.4, -0.2) is 30.9 Å². The van der Waals surface area contributed by atoms with E-state index in [2.05, 4.69) is 6.58 Å². The molecule has 0 saturated heterocycles. The summed E-state index contributed by atoms with van der Waals surface area (Å²) in [6, 6.07) is 23.7. The summed E-state index contributed by atoms with van der Waals surface area (Å²) >= 11 is 1.27. The standard InChI is InChI=1S/C32H28N2O5S/c1-4-18-39-24-17-16-21(19-25(24)37-3)20-26-30(35)34-29(23-14-10-7-11-15-23)27(31(36)38-5-2)28(33-32(34)40-26)22-12-8-6-9-13-22/h4,6-17,19-20,29H,1,5,18H2,2-3H3/b26-20-/t29-/m1/s1. The Morgan fingerprint density at radius 2 is 1.77 bits per heavy atom. The summed E-state index contributed by atoms with van der Waals surface area (Å²) in [6.07, 6.45) is 3.45. The maximum atomic E-state index is 14.0. The van der Waals surface area contributed by atoms with E-state index in [1.165, 1.54) is 11.3 Å². The molecule has 2 heterocycles. The fourth-order valence-corrected chi connectivity index (χ4v) is 5.59. The number of rotatable bonds is 9. The van der Waals surface area contributed by atoms with E-state index in [-0.39, 0.29) is 12.2 Å². The highest BCUT2D eigenvalue weighted by molar-refractivity contribution is 7.07. The van der Waals surface area contributed by atoms with Crippen LogP contribution in [0.25, 0.3) is 11.8 Å². The number of fused-ring (bicyclic) bond motifs is 1. The molecule has 1 aromatic heterocycles. The van der Waals surface area contributed by atoms with Crippen LogP contribution in [-0.2, 0) is 9.53 Å². The van der Waals surface area contributed by atoms with Crippen molar-refractivity contribution in [3.05, 3.63) is 133 Å². The molecule has 8 heteroatoms. The predicted octanol–water partition coefficient (Wildman–Crippen LogP) is 4.51. The van der Waals surface area contributed by atoms with Crippen LogP contribution in [0.1, 0.15) is 29.7 Å². The van der Waals surface area contributed by atoms with E-state index in [4.69, 9.17) is 19.2 Å². The number of thiazole rings is 1. The van der Waals surface area contributed by atoms with Crippen LogP contribution in [0.15, 0.2) is 107 Å². The van der Waals surface area contributed by atoms with Gasteiger partial charge in [0.15, 0.2) is 16.3 Å². The molecule has 5 rings (SSSR count).